The number of nitrogens with zero attached hydrogens (tertiary/aromatic N) is 1. The minimum atomic E-state index is -0.194. The lowest BCUT2D eigenvalue weighted by Gasteiger charge is -2.01. The number of hydrogen-bond acceptors (Lipinski definition) is 4. The Balaban J connectivity index is 1.66. The van der Waals surface area contributed by atoms with Crippen molar-refractivity contribution < 1.29 is 9.21 Å². The van der Waals surface area contributed by atoms with Crippen LogP contribution in [-0.4, -0.2) is 17.4 Å². The van der Waals surface area contributed by atoms with Crippen LogP contribution in [0.25, 0.3) is 11.5 Å². The molecule has 1 amide bonds. The molecule has 0 aliphatic carbocycles. The predicted octanol–water partition coefficient (Wildman–Crippen LogP) is 3.68. The number of rotatable bonds is 5. The summed E-state index contributed by atoms with van der Waals surface area (Å²) in [5.41, 5.74) is 1.22. The van der Waals surface area contributed by atoms with E-state index in [2.05, 4.69) is 16.4 Å². The van der Waals surface area contributed by atoms with Crippen LogP contribution >= 0.6 is 11.3 Å². The average molecular weight is 312 g/mol. The van der Waals surface area contributed by atoms with Crippen molar-refractivity contribution in [3.8, 4) is 11.5 Å². The van der Waals surface area contributed by atoms with E-state index in [9.17, 15) is 4.79 Å². The fraction of sp³-hybridized carbons (Fsp3) is 0.176. The molecule has 2 aromatic heterocycles. The van der Waals surface area contributed by atoms with Crippen molar-refractivity contribution in [1.82, 2.24) is 10.3 Å². The Morgan fingerprint density at radius 2 is 2.05 bits per heavy atom. The molecular weight excluding hydrogens is 296 g/mol. The Bertz CT molecular complexity index is 748. The molecule has 112 valence electrons. The molecule has 0 atom stereocenters. The molecule has 3 rings (SSSR count). The number of amides is 1. The largest absolute Gasteiger partial charge is 0.441 e. The summed E-state index contributed by atoms with van der Waals surface area (Å²) in [7, 11) is 0. The maximum absolute atomic E-state index is 12.2. The van der Waals surface area contributed by atoms with Gasteiger partial charge in [0.2, 0.25) is 5.89 Å². The van der Waals surface area contributed by atoms with E-state index in [0.717, 1.165) is 12.0 Å². The molecule has 5 heteroatoms. The van der Waals surface area contributed by atoms with Gasteiger partial charge in [-0.1, -0.05) is 24.3 Å². The van der Waals surface area contributed by atoms with Crippen molar-refractivity contribution in [2.24, 2.45) is 0 Å². The molecule has 0 fully saturated rings. The highest BCUT2D eigenvalue weighted by Gasteiger charge is 2.17. The summed E-state index contributed by atoms with van der Waals surface area (Å²) in [5, 5.41) is 4.92. The first-order valence-corrected chi connectivity index (χ1v) is 7.95. The molecule has 0 spiro atoms. The first kappa shape index (κ1) is 14.5. The van der Waals surface area contributed by atoms with E-state index in [1.165, 1.54) is 4.88 Å². The third kappa shape index (κ3) is 3.26. The first-order valence-electron chi connectivity index (χ1n) is 7.07. The second-order valence-electron chi connectivity index (χ2n) is 4.88. The summed E-state index contributed by atoms with van der Waals surface area (Å²) < 4.78 is 5.60. The molecule has 22 heavy (non-hydrogen) atoms. The van der Waals surface area contributed by atoms with Gasteiger partial charge in [0.25, 0.3) is 5.91 Å². The topological polar surface area (TPSA) is 55.1 Å². The minimum Gasteiger partial charge on any atom is -0.441 e. The van der Waals surface area contributed by atoms with Crippen molar-refractivity contribution in [2.75, 3.05) is 6.54 Å². The summed E-state index contributed by atoms with van der Waals surface area (Å²) >= 11 is 1.69. The molecule has 0 unspecified atom stereocenters. The SMILES string of the molecule is Cc1oc(-c2ccccc2)nc1C(=O)NCCc1cccs1. The smallest absolute Gasteiger partial charge is 0.273 e. The molecule has 0 saturated heterocycles. The van der Waals surface area contributed by atoms with Crippen LogP contribution in [0.2, 0.25) is 0 Å². The van der Waals surface area contributed by atoms with Crippen LogP contribution in [0.4, 0.5) is 0 Å². The average Bonchev–Trinajstić information content (AvgIpc) is 3.17. The van der Waals surface area contributed by atoms with Gasteiger partial charge in [0.1, 0.15) is 5.76 Å². The summed E-state index contributed by atoms with van der Waals surface area (Å²) in [6.45, 7) is 2.35. The maximum Gasteiger partial charge on any atom is 0.273 e. The van der Waals surface area contributed by atoms with Gasteiger partial charge in [-0.25, -0.2) is 4.98 Å². The lowest BCUT2D eigenvalue weighted by molar-refractivity contribution is 0.0948. The van der Waals surface area contributed by atoms with Gasteiger partial charge in [0, 0.05) is 17.0 Å². The molecule has 1 aromatic carbocycles. The zero-order valence-corrected chi connectivity index (χ0v) is 13.0. The van der Waals surface area contributed by atoms with Crippen LogP contribution in [0.15, 0.2) is 52.3 Å². The van der Waals surface area contributed by atoms with Crippen LogP contribution in [0.1, 0.15) is 21.1 Å². The second kappa shape index (κ2) is 6.58. The van der Waals surface area contributed by atoms with E-state index in [-0.39, 0.29) is 5.91 Å². The second-order valence-corrected chi connectivity index (χ2v) is 5.91. The summed E-state index contributed by atoms with van der Waals surface area (Å²) in [4.78, 5) is 17.8. The Labute approximate surface area is 132 Å². The third-order valence-corrected chi connectivity index (χ3v) is 4.21. The van der Waals surface area contributed by atoms with Crippen molar-refractivity contribution in [3.63, 3.8) is 0 Å². The Morgan fingerprint density at radius 1 is 1.23 bits per heavy atom. The van der Waals surface area contributed by atoms with Gasteiger partial charge in [-0.05, 0) is 36.9 Å². The Hall–Kier alpha value is -2.40. The van der Waals surface area contributed by atoms with Gasteiger partial charge >= 0.3 is 0 Å². The summed E-state index contributed by atoms with van der Waals surface area (Å²) in [6.07, 6.45) is 0.825. The highest BCUT2D eigenvalue weighted by atomic mass is 32.1. The van der Waals surface area contributed by atoms with Crippen LogP contribution in [0.3, 0.4) is 0 Å². The number of thiophene rings is 1. The number of nitrogens with one attached hydrogen (secondary N) is 1. The van der Waals surface area contributed by atoms with Gasteiger partial charge in [0.05, 0.1) is 0 Å². The van der Waals surface area contributed by atoms with Crippen LogP contribution in [-0.2, 0) is 6.42 Å². The van der Waals surface area contributed by atoms with Crippen molar-refractivity contribution in [3.05, 3.63) is 64.2 Å². The van der Waals surface area contributed by atoms with Gasteiger partial charge in [-0.15, -0.1) is 11.3 Å². The van der Waals surface area contributed by atoms with Gasteiger partial charge < -0.3 is 9.73 Å². The number of hydrogen-bond donors (Lipinski definition) is 1. The molecule has 1 N–H and O–H groups in total. The quantitative estimate of drug-likeness (QED) is 0.782. The number of carbonyl (C=O) groups is 1. The highest BCUT2D eigenvalue weighted by molar-refractivity contribution is 7.09. The van der Waals surface area contributed by atoms with E-state index in [4.69, 9.17) is 4.42 Å². The Morgan fingerprint density at radius 3 is 2.77 bits per heavy atom. The fourth-order valence-electron chi connectivity index (χ4n) is 2.15. The van der Waals surface area contributed by atoms with E-state index >= 15 is 0 Å². The Kier molecular flexibility index (Phi) is 4.34. The van der Waals surface area contributed by atoms with E-state index in [1.54, 1.807) is 18.3 Å². The molecule has 0 aliphatic rings. The normalized spacial score (nSPS) is 10.6. The zero-order valence-electron chi connectivity index (χ0n) is 12.2. The maximum atomic E-state index is 12.2. The van der Waals surface area contributed by atoms with Gasteiger partial charge in [-0.2, -0.15) is 0 Å². The molecule has 4 nitrogen and oxygen atoms in total. The van der Waals surface area contributed by atoms with Crippen LogP contribution in [0.5, 0.6) is 0 Å². The minimum absolute atomic E-state index is 0.194. The third-order valence-electron chi connectivity index (χ3n) is 3.27. The van der Waals surface area contributed by atoms with Crippen LogP contribution < -0.4 is 5.32 Å². The van der Waals surface area contributed by atoms with Crippen molar-refractivity contribution >= 4 is 17.2 Å². The summed E-state index contributed by atoms with van der Waals surface area (Å²) in [5.74, 6) is 0.814. The lowest BCUT2D eigenvalue weighted by Crippen LogP contribution is -2.26. The van der Waals surface area contributed by atoms with Gasteiger partial charge in [0.15, 0.2) is 5.69 Å². The molecule has 3 aromatic rings. The zero-order chi connectivity index (χ0) is 15.4. The number of aryl methyl sites for hydroxylation is 1. The lowest BCUT2D eigenvalue weighted by atomic mass is 10.2. The fourth-order valence-corrected chi connectivity index (χ4v) is 2.86. The molecule has 2 heterocycles. The van der Waals surface area contributed by atoms with Crippen molar-refractivity contribution in [2.45, 2.75) is 13.3 Å². The predicted molar refractivity (Wildman–Crippen MR) is 87.0 cm³/mol. The monoisotopic (exact) mass is 312 g/mol. The number of carbonyl (C=O) groups excluding carboxylic acids is 1. The number of benzene rings is 1. The van der Waals surface area contributed by atoms with Crippen molar-refractivity contribution in [1.29, 1.82) is 0 Å². The van der Waals surface area contributed by atoms with Crippen LogP contribution in [0, 0.1) is 6.92 Å². The van der Waals surface area contributed by atoms with E-state index in [1.807, 2.05) is 41.8 Å². The molecule has 0 aliphatic heterocycles. The van der Waals surface area contributed by atoms with E-state index < -0.39 is 0 Å². The number of oxazole rings is 1. The number of aromatic nitrogens is 1. The molecule has 0 bridgehead atoms. The highest BCUT2D eigenvalue weighted by Crippen LogP contribution is 2.21. The van der Waals surface area contributed by atoms with Gasteiger partial charge in [-0.3, -0.25) is 4.79 Å². The van der Waals surface area contributed by atoms with E-state index in [0.29, 0.717) is 23.9 Å². The molecule has 0 saturated carbocycles. The standard InChI is InChI=1S/C17H16N2O2S/c1-12-15(16(20)18-10-9-14-8-5-11-22-14)19-17(21-12)13-6-3-2-4-7-13/h2-8,11H,9-10H2,1H3,(H,18,20). The molecular formula is C17H16N2O2S. The summed E-state index contributed by atoms with van der Waals surface area (Å²) in [6, 6.07) is 13.6. The molecule has 0 radical (unpaired) electrons. The first-order chi connectivity index (χ1) is 10.7.